The van der Waals surface area contributed by atoms with E-state index in [9.17, 15) is 4.79 Å². The fraction of sp³-hybridized carbons (Fsp3) is 0.588. The zero-order chi connectivity index (χ0) is 14.7. The number of hydrogen-bond donors (Lipinski definition) is 1. The molecule has 2 fully saturated rings. The van der Waals surface area contributed by atoms with Crippen LogP contribution >= 0.6 is 0 Å². The normalized spacial score (nSPS) is 22.9. The van der Waals surface area contributed by atoms with Crippen LogP contribution in [0.15, 0.2) is 24.3 Å². The van der Waals surface area contributed by atoms with E-state index in [2.05, 4.69) is 4.90 Å². The van der Waals surface area contributed by atoms with Crippen molar-refractivity contribution in [2.75, 3.05) is 32.7 Å². The van der Waals surface area contributed by atoms with Crippen molar-refractivity contribution in [3.05, 3.63) is 35.4 Å². The first-order valence-corrected chi connectivity index (χ1v) is 8.11. The molecule has 21 heavy (non-hydrogen) atoms. The van der Waals surface area contributed by atoms with Crippen molar-refractivity contribution < 1.29 is 4.79 Å². The summed E-state index contributed by atoms with van der Waals surface area (Å²) in [7, 11) is 0. The maximum atomic E-state index is 12.8. The summed E-state index contributed by atoms with van der Waals surface area (Å²) in [6.07, 6.45) is 4.50. The first kappa shape index (κ1) is 14.5. The fourth-order valence-corrected chi connectivity index (χ4v) is 3.60. The number of nitrogens with zero attached hydrogens (tertiary/aromatic N) is 2. The molecular formula is C17H25N3O. The molecule has 1 aromatic carbocycles. The van der Waals surface area contributed by atoms with Gasteiger partial charge in [-0.05, 0) is 56.9 Å². The molecule has 0 radical (unpaired) electrons. The third-order valence-corrected chi connectivity index (χ3v) is 4.77. The molecule has 2 heterocycles. The van der Waals surface area contributed by atoms with E-state index in [4.69, 9.17) is 5.73 Å². The Hall–Kier alpha value is -1.39. The Morgan fingerprint density at radius 3 is 2.71 bits per heavy atom. The van der Waals surface area contributed by atoms with E-state index in [0.29, 0.717) is 12.6 Å². The molecule has 1 atom stereocenters. The quantitative estimate of drug-likeness (QED) is 0.913. The van der Waals surface area contributed by atoms with Crippen molar-refractivity contribution in [1.29, 1.82) is 0 Å². The molecule has 2 N–H and O–H groups in total. The van der Waals surface area contributed by atoms with Crippen LogP contribution in [-0.2, 0) is 6.42 Å². The Kier molecular flexibility index (Phi) is 4.56. The summed E-state index contributed by atoms with van der Waals surface area (Å²) >= 11 is 0. The highest BCUT2D eigenvalue weighted by atomic mass is 16.2. The molecule has 1 unspecified atom stereocenters. The van der Waals surface area contributed by atoms with Gasteiger partial charge in [-0.1, -0.05) is 18.2 Å². The number of benzene rings is 1. The van der Waals surface area contributed by atoms with Crippen LogP contribution in [-0.4, -0.2) is 54.5 Å². The number of nitrogens with two attached hydrogens (primary N) is 1. The Morgan fingerprint density at radius 2 is 1.95 bits per heavy atom. The standard InChI is InChI=1S/C17H25N3O/c18-9-7-14-5-1-2-6-16(14)17(21)20-12-8-15(13-20)19-10-3-4-11-19/h1-2,5-6,15H,3-4,7-13,18H2. The van der Waals surface area contributed by atoms with Gasteiger partial charge in [0.05, 0.1) is 0 Å². The SMILES string of the molecule is NCCc1ccccc1C(=O)N1CCC(N2CCCC2)C1. The molecule has 3 rings (SSSR count). The number of carbonyl (C=O) groups is 1. The molecule has 0 spiro atoms. The van der Waals surface area contributed by atoms with E-state index in [0.717, 1.165) is 37.1 Å². The summed E-state index contributed by atoms with van der Waals surface area (Å²) < 4.78 is 0. The van der Waals surface area contributed by atoms with Gasteiger partial charge in [-0.2, -0.15) is 0 Å². The monoisotopic (exact) mass is 287 g/mol. The van der Waals surface area contributed by atoms with Crippen LogP contribution in [0.3, 0.4) is 0 Å². The first-order chi connectivity index (χ1) is 10.3. The molecule has 2 saturated heterocycles. The lowest BCUT2D eigenvalue weighted by Crippen LogP contribution is -2.37. The molecule has 1 aromatic rings. The zero-order valence-corrected chi connectivity index (χ0v) is 12.6. The summed E-state index contributed by atoms with van der Waals surface area (Å²) in [4.78, 5) is 17.4. The van der Waals surface area contributed by atoms with Crippen molar-refractivity contribution in [2.24, 2.45) is 5.73 Å². The Morgan fingerprint density at radius 1 is 1.19 bits per heavy atom. The summed E-state index contributed by atoms with van der Waals surface area (Å²) in [5, 5.41) is 0. The van der Waals surface area contributed by atoms with Gasteiger partial charge in [-0.3, -0.25) is 9.69 Å². The Bertz CT molecular complexity index is 497. The molecule has 4 nitrogen and oxygen atoms in total. The molecule has 1 amide bonds. The van der Waals surface area contributed by atoms with E-state index >= 15 is 0 Å². The summed E-state index contributed by atoms with van der Waals surface area (Å²) in [5.41, 5.74) is 7.57. The second kappa shape index (κ2) is 6.58. The lowest BCUT2D eigenvalue weighted by molar-refractivity contribution is 0.0779. The molecule has 0 aromatic heterocycles. The van der Waals surface area contributed by atoms with E-state index < -0.39 is 0 Å². The molecule has 114 valence electrons. The van der Waals surface area contributed by atoms with E-state index in [-0.39, 0.29) is 5.91 Å². The minimum absolute atomic E-state index is 0.181. The van der Waals surface area contributed by atoms with Crippen LogP contribution in [0.2, 0.25) is 0 Å². The van der Waals surface area contributed by atoms with Crippen LogP contribution in [0, 0.1) is 0 Å². The van der Waals surface area contributed by atoms with Gasteiger partial charge in [-0.15, -0.1) is 0 Å². The Balaban J connectivity index is 1.68. The van der Waals surface area contributed by atoms with Gasteiger partial charge in [-0.25, -0.2) is 0 Å². The zero-order valence-electron chi connectivity index (χ0n) is 12.6. The van der Waals surface area contributed by atoms with E-state index in [1.165, 1.54) is 25.9 Å². The van der Waals surface area contributed by atoms with Crippen molar-refractivity contribution in [3.8, 4) is 0 Å². The van der Waals surface area contributed by atoms with Gasteiger partial charge in [0.1, 0.15) is 0 Å². The van der Waals surface area contributed by atoms with Crippen LogP contribution in [0.5, 0.6) is 0 Å². The molecule has 2 aliphatic rings. The average Bonchev–Trinajstić information content (AvgIpc) is 3.18. The topological polar surface area (TPSA) is 49.6 Å². The molecule has 0 bridgehead atoms. The molecule has 0 saturated carbocycles. The molecule has 2 aliphatic heterocycles. The number of rotatable bonds is 4. The highest BCUT2D eigenvalue weighted by Crippen LogP contribution is 2.22. The van der Waals surface area contributed by atoms with Gasteiger partial charge in [0.2, 0.25) is 0 Å². The Labute approximate surface area is 126 Å². The van der Waals surface area contributed by atoms with Crippen LogP contribution in [0.4, 0.5) is 0 Å². The lowest BCUT2D eigenvalue weighted by atomic mass is 10.0. The third-order valence-electron chi connectivity index (χ3n) is 4.77. The predicted octanol–water partition coefficient (Wildman–Crippen LogP) is 1.50. The number of amides is 1. The smallest absolute Gasteiger partial charge is 0.254 e. The van der Waals surface area contributed by atoms with Crippen molar-refractivity contribution in [2.45, 2.75) is 31.7 Å². The van der Waals surface area contributed by atoms with Gasteiger partial charge < -0.3 is 10.6 Å². The lowest BCUT2D eigenvalue weighted by Gasteiger charge is -2.24. The number of hydrogen-bond acceptors (Lipinski definition) is 3. The maximum absolute atomic E-state index is 12.8. The summed E-state index contributed by atoms with van der Waals surface area (Å²) in [6, 6.07) is 8.46. The molecule has 0 aliphatic carbocycles. The van der Waals surface area contributed by atoms with Gasteiger partial charge in [0, 0.05) is 24.7 Å². The van der Waals surface area contributed by atoms with Crippen LogP contribution in [0.25, 0.3) is 0 Å². The number of likely N-dealkylation sites (tertiary alicyclic amines) is 2. The van der Waals surface area contributed by atoms with Crippen LogP contribution < -0.4 is 5.73 Å². The van der Waals surface area contributed by atoms with Gasteiger partial charge >= 0.3 is 0 Å². The van der Waals surface area contributed by atoms with Crippen molar-refractivity contribution in [1.82, 2.24) is 9.80 Å². The second-order valence-electron chi connectivity index (χ2n) is 6.13. The van der Waals surface area contributed by atoms with Gasteiger partial charge in [0.15, 0.2) is 0 Å². The predicted molar refractivity (Wildman–Crippen MR) is 84.3 cm³/mol. The number of carbonyl (C=O) groups excluding carboxylic acids is 1. The van der Waals surface area contributed by atoms with Gasteiger partial charge in [0.25, 0.3) is 5.91 Å². The third kappa shape index (κ3) is 3.11. The summed E-state index contributed by atoms with van der Waals surface area (Å²) in [6.45, 7) is 4.76. The minimum Gasteiger partial charge on any atom is -0.337 e. The molecular weight excluding hydrogens is 262 g/mol. The first-order valence-electron chi connectivity index (χ1n) is 8.11. The van der Waals surface area contributed by atoms with Crippen molar-refractivity contribution in [3.63, 3.8) is 0 Å². The van der Waals surface area contributed by atoms with Crippen LogP contribution in [0.1, 0.15) is 35.2 Å². The van der Waals surface area contributed by atoms with Crippen molar-refractivity contribution >= 4 is 5.91 Å². The van der Waals surface area contributed by atoms with E-state index in [1.54, 1.807) is 0 Å². The maximum Gasteiger partial charge on any atom is 0.254 e. The van der Waals surface area contributed by atoms with E-state index in [1.807, 2.05) is 29.2 Å². The fourth-order valence-electron chi connectivity index (χ4n) is 3.60. The molecule has 4 heteroatoms. The minimum atomic E-state index is 0.181. The highest BCUT2D eigenvalue weighted by Gasteiger charge is 2.32. The second-order valence-corrected chi connectivity index (χ2v) is 6.13. The average molecular weight is 287 g/mol. The highest BCUT2D eigenvalue weighted by molar-refractivity contribution is 5.95. The largest absolute Gasteiger partial charge is 0.337 e. The summed E-state index contributed by atoms with van der Waals surface area (Å²) in [5.74, 6) is 0.181.